The Morgan fingerprint density at radius 1 is 1.20 bits per heavy atom. The van der Waals surface area contributed by atoms with Gasteiger partial charge in [-0.05, 0) is 25.1 Å². The van der Waals surface area contributed by atoms with Crippen molar-refractivity contribution in [1.29, 1.82) is 0 Å². The third kappa shape index (κ3) is 4.09. The predicted octanol–water partition coefficient (Wildman–Crippen LogP) is 1.91. The molecule has 3 aliphatic rings. The molecule has 1 aromatic carbocycles. The van der Waals surface area contributed by atoms with Crippen molar-refractivity contribution in [3.63, 3.8) is 0 Å². The first-order valence-electron chi connectivity index (χ1n) is 12.3. The first kappa shape index (κ1) is 23.8. The number of para-hydroxylation sites is 1. The molecule has 4 heterocycles. The number of rotatable bonds is 6. The normalized spacial score (nSPS) is 26.2. The van der Waals surface area contributed by atoms with Crippen molar-refractivity contribution in [2.24, 2.45) is 11.8 Å². The lowest BCUT2D eigenvalue weighted by molar-refractivity contribution is -0.142. The van der Waals surface area contributed by atoms with Crippen LogP contribution >= 0.6 is 0 Å². The summed E-state index contributed by atoms with van der Waals surface area (Å²) in [6.45, 7) is 4.89. The molecule has 0 radical (unpaired) electrons. The number of allylic oxidation sites excluding steroid dienone is 1. The number of carbonyl (C=O) groups excluding carboxylic acids is 1. The number of aromatic nitrogens is 1. The first-order chi connectivity index (χ1) is 17.1. The number of pyridine rings is 1. The van der Waals surface area contributed by atoms with Crippen LogP contribution in [-0.2, 0) is 22.6 Å². The Balaban J connectivity index is 1.59. The molecular formula is C27H33N3O5. The standard InChI is InChI=1S/C27H33N3O5/c1-3-6-18-9-10-22-24-20(16-29(22)26(18)32)21(17-31)25(27(33)28-11-13-35-14-12-28)30(24)15-19-7-4-5-8-23(19)34-2/h3-10,20-21,24-25,31H,11-17H2,1-2H3/b6-3+/t20-,21-,24+,25-/m0/s1. The minimum absolute atomic E-state index is 0.0241. The van der Waals surface area contributed by atoms with Gasteiger partial charge in [0.25, 0.3) is 5.56 Å². The summed E-state index contributed by atoms with van der Waals surface area (Å²) in [5.41, 5.74) is 2.49. The van der Waals surface area contributed by atoms with Crippen molar-refractivity contribution in [3.05, 3.63) is 69.6 Å². The number of hydrogen-bond donors (Lipinski definition) is 1. The molecule has 0 bridgehead atoms. The Labute approximate surface area is 205 Å². The SMILES string of the molecule is C/C=C/c1ccc2n(c1=O)C[C@H]1[C@H](CO)[C@@H](C(=O)N3CCOCC3)N(Cc3ccccc3OC)[C@@H]21. The van der Waals surface area contributed by atoms with E-state index in [0.717, 1.165) is 17.0 Å². The van der Waals surface area contributed by atoms with Gasteiger partial charge in [-0.15, -0.1) is 0 Å². The van der Waals surface area contributed by atoms with E-state index in [1.165, 1.54) is 0 Å². The van der Waals surface area contributed by atoms with Gasteiger partial charge in [0.2, 0.25) is 5.91 Å². The highest BCUT2D eigenvalue weighted by Crippen LogP contribution is 2.50. The lowest BCUT2D eigenvalue weighted by Crippen LogP contribution is -2.52. The second kappa shape index (κ2) is 9.97. The highest BCUT2D eigenvalue weighted by molar-refractivity contribution is 5.83. The number of aliphatic hydroxyl groups is 1. The van der Waals surface area contributed by atoms with Crippen molar-refractivity contribution >= 4 is 12.0 Å². The number of amides is 1. The molecule has 5 rings (SSSR count). The van der Waals surface area contributed by atoms with E-state index in [9.17, 15) is 14.7 Å². The molecule has 35 heavy (non-hydrogen) atoms. The largest absolute Gasteiger partial charge is 0.496 e. The zero-order chi connectivity index (χ0) is 24.5. The lowest BCUT2D eigenvalue weighted by Gasteiger charge is -2.36. The van der Waals surface area contributed by atoms with E-state index in [-0.39, 0.29) is 36.0 Å². The van der Waals surface area contributed by atoms with Crippen molar-refractivity contribution < 1.29 is 19.4 Å². The third-order valence-electron chi connectivity index (χ3n) is 7.69. The number of morpholine rings is 1. The molecule has 4 atom stereocenters. The zero-order valence-electron chi connectivity index (χ0n) is 20.3. The van der Waals surface area contributed by atoms with Gasteiger partial charge in [-0.2, -0.15) is 0 Å². The summed E-state index contributed by atoms with van der Waals surface area (Å²) in [6, 6.07) is 11.0. The molecular weight excluding hydrogens is 446 g/mol. The fourth-order valence-corrected chi connectivity index (χ4v) is 6.09. The summed E-state index contributed by atoms with van der Waals surface area (Å²) in [5, 5.41) is 10.6. The summed E-state index contributed by atoms with van der Waals surface area (Å²) in [6.07, 6.45) is 3.69. The number of fused-ring (bicyclic) bond motifs is 3. The molecule has 0 saturated carbocycles. The molecule has 1 N–H and O–H groups in total. The van der Waals surface area contributed by atoms with E-state index in [4.69, 9.17) is 9.47 Å². The molecule has 2 saturated heterocycles. The molecule has 3 aliphatic heterocycles. The number of carbonyl (C=O) groups is 1. The van der Waals surface area contributed by atoms with Crippen molar-refractivity contribution in [3.8, 4) is 5.75 Å². The minimum Gasteiger partial charge on any atom is -0.496 e. The fraction of sp³-hybridized carbons (Fsp3) is 0.481. The highest BCUT2D eigenvalue weighted by Gasteiger charge is 2.56. The van der Waals surface area contributed by atoms with E-state index in [1.807, 2.05) is 64.9 Å². The Hall–Kier alpha value is -2.94. The van der Waals surface area contributed by atoms with Gasteiger partial charge in [-0.25, -0.2) is 0 Å². The maximum Gasteiger partial charge on any atom is 0.258 e. The molecule has 186 valence electrons. The quantitative estimate of drug-likeness (QED) is 0.682. The highest BCUT2D eigenvalue weighted by atomic mass is 16.5. The molecule has 8 heteroatoms. The Bertz CT molecular complexity index is 1170. The molecule has 1 aromatic heterocycles. The van der Waals surface area contributed by atoms with Gasteiger partial charge in [0.15, 0.2) is 0 Å². The molecule has 2 aromatic rings. The van der Waals surface area contributed by atoms with Crippen molar-refractivity contribution in [2.45, 2.75) is 32.1 Å². The van der Waals surface area contributed by atoms with Crippen molar-refractivity contribution in [1.82, 2.24) is 14.4 Å². The van der Waals surface area contributed by atoms with Gasteiger partial charge in [0.05, 0.1) is 32.4 Å². The van der Waals surface area contributed by atoms with Crippen LogP contribution in [0.3, 0.4) is 0 Å². The van der Waals surface area contributed by atoms with E-state index in [0.29, 0.717) is 45.0 Å². The second-order valence-corrected chi connectivity index (χ2v) is 9.45. The van der Waals surface area contributed by atoms with Crippen LogP contribution in [0.25, 0.3) is 6.08 Å². The summed E-state index contributed by atoms with van der Waals surface area (Å²) < 4.78 is 12.9. The Kier molecular flexibility index (Phi) is 6.77. The molecule has 0 aliphatic carbocycles. The van der Waals surface area contributed by atoms with Gasteiger partial charge >= 0.3 is 0 Å². The van der Waals surface area contributed by atoms with E-state index in [2.05, 4.69) is 4.90 Å². The van der Waals surface area contributed by atoms with E-state index < -0.39 is 6.04 Å². The van der Waals surface area contributed by atoms with Crippen LogP contribution in [0.1, 0.15) is 29.8 Å². The number of nitrogens with zero attached hydrogens (tertiary/aromatic N) is 3. The van der Waals surface area contributed by atoms with Crippen LogP contribution in [0.15, 0.2) is 47.3 Å². The average molecular weight is 480 g/mol. The minimum atomic E-state index is -0.489. The fourth-order valence-electron chi connectivity index (χ4n) is 6.09. The average Bonchev–Trinajstić information content (AvgIpc) is 3.41. The van der Waals surface area contributed by atoms with Crippen LogP contribution < -0.4 is 10.3 Å². The Morgan fingerprint density at radius 2 is 1.97 bits per heavy atom. The smallest absolute Gasteiger partial charge is 0.258 e. The summed E-state index contributed by atoms with van der Waals surface area (Å²) in [7, 11) is 1.64. The molecule has 2 fully saturated rings. The van der Waals surface area contributed by atoms with Crippen LogP contribution in [0.5, 0.6) is 5.75 Å². The Morgan fingerprint density at radius 3 is 2.69 bits per heavy atom. The van der Waals surface area contributed by atoms with Gasteiger partial charge in [-0.3, -0.25) is 14.5 Å². The number of hydrogen-bond acceptors (Lipinski definition) is 6. The summed E-state index contributed by atoms with van der Waals surface area (Å²) in [4.78, 5) is 31.2. The maximum atomic E-state index is 13.9. The zero-order valence-corrected chi connectivity index (χ0v) is 20.3. The van der Waals surface area contributed by atoms with E-state index in [1.54, 1.807) is 7.11 Å². The number of aliphatic hydroxyl groups excluding tert-OH is 1. The van der Waals surface area contributed by atoms with Crippen LogP contribution in [0, 0.1) is 11.8 Å². The number of likely N-dealkylation sites (tertiary alicyclic amines) is 1. The number of ether oxygens (including phenoxy) is 2. The molecule has 1 amide bonds. The topological polar surface area (TPSA) is 84.2 Å². The van der Waals surface area contributed by atoms with Gasteiger partial charge in [0, 0.05) is 61.4 Å². The van der Waals surface area contributed by atoms with Gasteiger partial charge < -0.3 is 24.0 Å². The maximum absolute atomic E-state index is 13.9. The molecule has 0 unspecified atom stereocenters. The monoisotopic (exact) mass is 479 g/mol. The number of methoxy groups -OCH3 is 1. The van der Waals surface area contributed by atoms with Gasteiger partial charge in [-0.1, -0.05) is 30.4 Å². The summed E-state index contributed by atoms with van der Waals surface area (Å²) >= 11 is 0. The van der Waals surface area contributed by atoms with Crippen molar-refractivity contribution in [2.75, 3.05) is 40.0 Å². The predicted molar refractivity (Wildman–Crippen MR) is 132 cm³/mol. The van der Waals surface area contributed by atoms with Crippen LogP contribution in [0.2, 0.25) is 0 Å². The number of benzene rings is 1. The van der Waals surface area contributed by atoms with Crippen LogP contribution in [-0.4, -0.2) is 71.4 Å². The van der Waals surface area contributed by atoms with E-state index >= 15 is 0 Å². The second-order valence-electron chi connectivity index (χ2n) is 9.45. The summed E-state index contributed by atoms with van der Waals surface area (Å²) in [5.74, 6) is 0.455. The molecule has 8 nitrogen and oxygen atoms in total. The van der Waals surface area contributed by atoms with Crippen LogP contribution in [0.4, 0.5) is 0 Å². The first-order valence-corrected chi connectivity index (χ1v) is 12.3. The van der Waals surface area contributed by atoms with Gasteiger partial charge in [0.1, 0.15) is 5.75 Å². The lowest BCUT2D eigenvalue weighted by atomic mass is 9.88. The third-order valence-corrected chi connectivity index (χ3v) is 7.69. The molecule has 0 spiro atoms.